The standard InChI is InChI=1S/C40H47ClN8O4/c1-24-25(26-8-6-10-28(33(26)41)46-37(51)34-43-29-21-42-18-11-31(29)47(34)2)7-5-9-27(24)45-36(50)35-44-30-22-49(19-12-32(30)48(35)3)20-17-39-13-15-40(23-39,16-14-39)38(52)53-4/h5-10,42H,11-23H2,1-4H3,(H,45,50)(H,46,51). The highest BCUT2D eigenvalue weighted by atomic mass is 35.5. The molecule has 0 spiro atoms. The first-order valence-electron chi connectivity index (χ1n) is 18.6. The van der Waals surface area contributed by atoms with E-state index in [9.17, 15) is 14.4 Å². The predicted molar refractivity (Wildman–Crippen MR) is 203 cm³/mol. The molecule has 8 rings (SSSR count). The van der Waals surface area contributed by atoms with Crippen molar-refractivity contribution in [3.63, 3.8) is 0 Å². The molecule has 4 heterocycles. The number of nitrogens with zero attached hydrogens (tertiary/aromatic N) is 5. The first-order chi connectivity index (χ1) is 25.5. The van der Waals surface area contributed by atoms with Gasteiger partial charge in [-0.05, 0) is 80.7 Å². The summed E-state index contributed by atoms with van der Waals surface area (Å²) >= 11 is 6.96. The summed E-state index contributed by atoms with van der Waals surface area (Å²) in [5.41, 5.74) is 7.51. The second-order valence-corrected chi connectivity index (χ2v) is 15.9. The number of carbonyl (C=O) groups excluding carboxylic acids is 3. The SMILES string of the molecule is COC(=O)C12CCC(CCN3CCc4c(nc(C(=O)Nc5cccc(-c6cccc(NC(=O)c7nc8c(n7C)CCNC8)c6Cl)c5C)n4C)C3)(CC1)C2. The Morgan fingerprint density at radius 2 is 1.53 bits per heavy atom. The number of nitrogens with one attached hydrogen (secondary N) is 3. The van der Waals surface area contributed by atoms with Crippen LogP contribution in [0.5, 0.6) is 0 Å². The van der Waals surface area contributed by atoms with Crippen LogP contribution in [0.25, 0.3) is 11.1 Å². The molecule has 2 aliphatic carbocycles. The van der Waals surface area contributed by atoms with Gasteiger partial charge in [-0.25, -0.2) is 9.97 Å². The largest absolute Gasteiger partial charge is 0.469 e. The van der Waals surface area contributed by atoms with Crippen LogP contribution >= 0.6 is 11.6 Å². The van der Waals surface area contributed by atoms with Crippen molar-refractivity contribution >= 4 is 40.8 Å². The van der Waals surface area contributed by atoms with Crippen LogP contribution < -0.4 is 16.0 Å². The summed E-state index contributed by atoms with van der Waals surface area (Å²) < 4.78 is 8.95. The first kappa shape index (κ1) is 35.5. The Morgan fingerprint density at radius 1 is 0.887 bits per heavy atom. The van der Waals surface area contributed by atoms with E-state index >= 15 is 0 Å². The number of esters is 1. The fraction of sp³-hybridized carbons (Fsp3) is 0.475. The van der Waals surface area contributed by atoms with Gasteiger partial charge >= 0.3 is 5.97 Å². The molecule has 4 aliphatic rings. The van der Waals surface area contributed by atoms with Crippen molar-refractivity contribution < 1.29 is 19.1 Å². The highest BCUT2D eigenvalue weighted by Crippen LogP contribution is 2.63. The van der Waals surface area contributed by atoms with Gasteiger partial charge in [-0.1, -0.05) is 35.9 Å². The van der Waals surface area contributed by atoms with E-state index in [0.29, 0.717) is 41.1 Å². The van der Waals surface area contributed by atoms with Crippen molar-refractivity contribution in [3.8, 4) is 11.1 Å². The molecule has 3 N–H and O–H groups in total. The molecule has 2 aliphatic heterocycles. The Morgan fingerprint density at radius 3 is 2.23 bits per heavy atom. The van der Waals surface area contributed by atoms with Gasteiger partial charge in [0.2, 0.25) is 0 Å². The van der Waals surface area contributed by atoms with Crippen LogP contribution in [0.15, 0.2) is 36.4 Å². The average Bonchev–Trinajstić information content (AvgIpc) is 3.92. The molecule has 2 amide bonds. The second-order valence-electron chi connectivity index (χ2n) is 15.5. The molecule has 13 heteroatoms. The van der Waals surface area contributed by atoms with Crippen LogP contribution in [0.3, 0.4) is 0 Å². The molecule has 2 aromatic carbocycles. The average molecular weight is 739 g/mol. The topological polar surface area (TPSA) is 135 Å². The molecule has 0 radical (unpaired) electrons. The molecule has 0 unspecified atom stereocenters. The maximum Gasteiger partial charge on any atom is 0.311 e. The quantitative estimate of drug-likeness (QED) is 0.183. The summed E-state index contributed by atoms with van der Waals surface area (Å²) in [6.45, 7) is 6.01. The lowest BCUT2D eigenvalue weighted by Gasteiger charge is -2.32. The third-order valence-electron chi connectivity index (χ3n) is 12.5. The van der Waals surface area contributed by atoms with Crippen molar-refractivity contribution in [2.45, 2.75) is 71.4 Å². The van der Waals surface area contributed by atoms with E-state index in [2.05, 4.69) is 25.8 Å². The number of rotatable bonds is 9. The van der Waals surface area contributed by atoms with E-state index in [1.165, 1.54) is 7.11 Å². The lowest BCUT2D eigenvalue weighted by atomic mass is 9.80. The predicted octanol–water partition coefficient (Wildman–Crippen LogP) is 5.80. The number of anilines is 2. The summed E-state index contributed by atoms with van der Waals surface area (Å²) in [7, 11) is 5.29. The van der Waals surface area contributed by atoms with Crippen LogP contribution in [-0.2, 0) is 49.6 Å². The van der Waals surface area contributed by atoms with Crippen molar-refractivity contribution in [1.82, 2.24) is 29.3 Å². The van der Waals surface area contributed by atoms with E-state index < -0.39 is 0 Å². The van der Waals surface area contributed by atoms with Crippen LogP contribution in [-0.4, -0.2) is 68.5 Å². The number of methoxy groups -OCH3 is 1. The van der Waals surface area contributed by atoms with E-state index in [1.807, 2.05) is 60.5 Å². The van der Waals surface area contributed by atoms with Crippen molar-refractivity contribution in [2.24, 2.45) is 24.9 Å². The smallest absolute Gasteiger partial charge is 0.311 e. The van der Waals surface area contributed by atoms with E-state index in [4.69, 9.17) is 21.3 Å². The lowest BCUT2D eigenvalue weighted by Crippen LogP contribution is -2.34. The fourth-order valence-electron chi connectivity index (χ4n) is 9.45. The normalized spacial score (nSPS) is 22.0. The number of carbonyl (C=O) groups is 3. The van der Waals surface area contributed by atoms with Gasteiger partial charge in [0, 0.05) is 75.8 Å². The highest BCUT2D eigenvalue weighted by Gasteiger charge is 2.58. The summed E-state index contributed by atoms with van der Waals surface area (Å²) in [6, 6.07) is 11.3. The molecule has 53 heavy (non-hydrogen) atoms. The molecule has 12 nitrogen and oxygen atoms in total. The molecule has 0 atom stereocenters. The van der Waals surface area contributed by atoms with Crippen LogP contribution in [0, 0.1) is 17.8 Å². The molecule has 4 aromatic rings. The maximum absolute atomic E-state index is 13.8. The molecule has 2 bridgehead atoms. The van der Waals surface area contributed by atoms with Gasteiger partial charge in [-0.3, -0.25) is 19.3 Å². The highest BCUT2D eigenvalue weighted by molar-refractivity contribution is 6.36. The minimum Gasteiger partial charge on any atom is -0.469 e. The molecule has 2 aromatic heterocycles. The summed E-state index contributed by atoms with van der Waals surface area (Å²) in [5, 5.41) is 9.78. The Kier molecular flexibility index (Phi) is 9.19. The van der Waals surface area contributed by atoms with Gasteiger partial charge in [0.25, 0.3) is 11.8 Å². The number of benzene rings is 2. The minimum atomic E-state index is -0.325. The van der Waals surface area contributed by atoms with Gasteiger partial charge in [0.1, 0.15) is 0 Å². The minimum absolute atomic E-state index is 0.0307. The molecule has 2 fully saturated rings. The van der Waals surface area contributed by atoms with E-state index in [-0.39, 0.29) is 28.6 Å². The summed E-state index contributed by atoms with van der Waals surface area (Å²) in [4.78, 5) is 51.5. The maximum atomic E-state index is 13.8. The molecule has 278 valence electrons. The van der Waals surface area contributed by atoms with Crippen molar-refractivity contribution in [1.29, 1.82) is 0 Å². The fourth-order valence-corrected chi connectivity index (χ4v) is 9.72. The number of hydrogen-bond donors (Lipinski definition) is 3. The third kappa shape index (κ3) is 6.24. The Balaban J connectivity index is 0.944. The van der Waals surface area contributed by atoms with Gasteiger partial charge in [0.05, 0.1) is 34.6 Å². The Bertz CT molecular complexity index is 2130. The number of fused-ring (bicyclic) bond motifs is 4. The molecular weight excluding hydrogens is 692 g/mol. The van der Waals surface area contributed by atoms with Gasteiger partial charge in [0.15, 0.2) is 11.6 Å². The van der Waals surface area contributed by atoms with E-state index in [0.717, 1.165) is 110 Å². The molecule has 0 saturated heterocycles. The first-order valence-corrected chi connectivity index (χ1v) is 19.0. The van der Waals surface area contributed by atoms with Crippen LogP contribution in [0.4, 0.5) is 11.4 Å². The monoisotopic (exact) mass is 738 g/mol. The second kappa shape index (κ2) is 13.7. The van der Waals surface area contributed by atoms with Gasteiger partial charge < -0.3 is 29.8 Å². The zero-order chi connectivity index (χ0) is 37.1. The summed E-state index contributed by atoms with van der Waals surface area (Å²) in [6.07, 6.45) is 7.72. The van der Waals surface area contributed by atoms with Gasteiger partial charge in [-0.15, -0.1) is 0 Å². The number of ether oxygens (including phenoxy) is 1. The number of aromatic nitrogens is 4. The number of amides is 2. The van der Waals surface area contributed by atoms with Crippen LogP contribution in [0.2, 0.25) is 5.02 Å². The molecule has 2 saturated carbocycles. The third-order valence-corrected chi connectivity index (χ3v) is 13.0. The van der Waals surface area contributed by atoms with Crippen LogP contribution in [0.1, 0.15) is 88.1 Å². The van der Waals surface area contributed by atoms with E-state index in [1.54, 1.807) is 6.07 Å². The zero-order valence-electron chi connectivity index (χ0n) is 30.9. The molecular formula is C40H47ClN8O4. The zero-order valence-corrected chi connectivity index (χ0v) is 31.7. The number of imidazole rings is 2. The summed E-state index contributed by atoms with van der Waals surface area (Å²) in [5.74, 6) is 0.0914. The lowest BCUT2D eigenvalue weighted by molar-refractivity contribution is -0.152. The van der Waals surface area contributed by atoms with Crippen molar-refractivity contribution in [2.75, 3.05) is 37.4 Å². The Hall–Kier alpha value is -4.52. The Labute approximate surface area is 314 Å². The number of hydrogen-bond acceptors (Lipinski definition) is 8. The van der Waals surface area contributed by atoms with Gasteiger partial charge in [-0.2, -0.15) is 0 Å². The van der Waals surface area contributed by atoms with Crippen molar-refractivity contribution in [3.05, 3.63) is 81.4 Å². The number of halogens is 1.